The fourth-order valence-corrected chi connectivity index (χ4v) is 3.90. The van der Waals surface area contributed by atoms with E-state index in [4.69, 9.17) is 4.98 Å². The number of nitrogens with one attached hydrogen (secondary N) is 1. The number of rotatable bonds is 6. The lowest BCUT2D eigenvalue weighted by Crippen LogP contribution is -2.52. The van der Waals surface area contributed by atoms with E-state index in [1.54, 1.807) is 49.2 Å². The molecule has 174 valence electrons. The Morgan fingerprint density at radius 1 is 1.27 bits per heavy atom. The highest BCUT2D eigenvalue weighted by atomic mass is 19.1. The molecule has 1 aliphatic heterocycles. The van der Waals surface area contributed by atoms with Crippen molar-refractivity contribution in [1.29, 1.82) is 0 Å². The van der Waals surface area contributed by atoms with Crippen molar-refractivity contribution in [3.05, 3.63) is 54.2 Å². The zero-order valence-corrected chi connectivity index (χ0v) is 18.9. The molecule has 0 aliphatic carbocycles. The van der Waals surface area contributed by atoms with E-state index in [0.717, 1.165) is 12.2 Å². The number of aliphatic hydroxyl groups is 1. The van der Waals surface area contributed by atoms with Crippen molar-refractivity contribution in [1.82, 2.24) is 25.1 Å². The summed E-state index contributed by atoms with van der Waals surface area (Å²) in [6.45, 7) is 5.74. The summed E-state index contributed by atoms with van der Waals surface area (Å²) in [5.74, 6) is 0.436. The summed E-state index contributed by atoms with van der Waals surface area (Å²) in [7, 11) is 1.81. The number of halogens is 1. The number of aliphatic hydroxyl groups excluding tert-OH is 1. The van der Waals surface area contributed by atoms with Crippen LogP contribution in [0.3, 0.4) is 0 Å². The van der Waals surface area contributed by atoms with Gasteiger partial charge in [-0.1, -0.05) is 0 Å². The standard InChI is InChI=1S/C23H28FN7O2/c1-15(14-32)26-23(33)20-10-21(28-22(27-20)17-11-25-29(3)13-17)30-8-9-31(16(2)12-30)19-6-4-18(24)5-7-19/h4-7,10-11,13,15-16,32H,8-9,12,14H2,1-3H3,(H,26,33)/t15-,16+/m0/s1. The van der Waals surface area contributed by atoms with E-state index >= 15 is 0 Å². The van der Waals surface area contributed by atoms with Gasteiger partial charge in [0.1, 0.15) is 17.3 Å². The molecule has 0 unspecified atom stereocenters. The molecule has 3 heterocycles. The van der Waals surface area contributed by atoms with Crippen LogP contribution in [0, 0.1) is 5.82 Å². The molecule has 33 heavy (non-hydrogen) atoms. The number of benzene rings is 1. The first kappa shape index (κ1) is 22.7. The SMILES string of the molecule is C[C@@H]1CN(c2cc(C(=O)N[C@@H](C)CO)nc(-c3cnn(C)c3)n2)CCN1c1ccc(F)cc1. The third-order valence-corrected chi connectivity index (χ3v) is 5.67. The molecule has 1 aliphatic rings. The van der Waals surface area contributed by atoms with Crippen molar-refractivity contribution in [2.75, 3.05) is 36.0 Å². The van der Waals surface area contributed by atoms with Gasteiger partial charge in [-0.25, -0.2) is 14.4 Å². The lowest BCUT2D eigenvalue weighted by molar-refractivity contribution is 0.0917. The predicted octanol–water partition coefficient (Wildman–Crippen LogP) is 1.84. The minimum atomic E-state index is -0.392. The molecule has 0 spiro atoms. The van der Waals surface area contributed by atoms with E-state index in [1.807, 2.05) is 0 Å². The maximum atomic E-state index is 13.3. The van der Waals surface area contributed by atoms with Crippen molar-refractivity contribution in [3.63, 3.8) is 0 Å². The van der Waals surface area contributed by atoms with Gasteiger partial charge in [-0.2, -0.15) is 5.10 Å². The maximum absolute atomic E-state index is 13.3. The Balaban J connectivity index is 1.61. The first-order valence-corrected chi connectivity index (χ1v) is 10.9. The number of anilines is 2. The number of hydrogen-bond donors (Lipinski definition) is 2. The Kier molecular flexibility index (Phi) is 6.55. The van der Waals surface area contributed by atoms with Gasteiger partial charge in [0.25, 0.3) is 5.91 Å². The lowest BCUT2D eigenvalue weighted by Gasteiger charge is -2.41. The van der Waals surface area contributed by atoms with Crippen LogP contribution in [0.4, 0.5) is 15.9 Å². The molecule has 1 amide bonds. The van der Waals surface area contributed by atoms with Gasteiger partial charge in [-0.05, 0) is 38.1 Å². The molecule has 2 N–H and O–H groups in total. The average molecular weight is 454 g/mol. The zero-order chi connectivity index (χ0) is 23.5. The number of nitrogens with zero attached hydrogens (tertiary/aromatic N) is 6. The van der Waals surface area contributed by atoms with Crippen LogP contribution in [0.1, 0.15) is 24.3 Å². The normalized spacial score (nSPS) is 17.2. The monoisotopic (exact) mass is 453 g/mol. The van der Waals surface area contributed by atoms with Crippen LogP contribution in [0.5, 0.6) is 0 Å². The minimum absolute atomic E-state index is 0.146. The number of hydrogen-bond acceptors (Lipinski definition) is 7. The summed E-state index contributed by atoms with van der Waals surface area (Å²) in [5.41, 5.74) is 1.91. The summed E-state index contributed by atoms with van der Waals surface area (Å²) in [5, 5.41) is 16.2. The quantitative estimate of drug-likeness (QED) is 0.588. The van der Waals surface area contributed by atoms with E-state index in [2.05, 4.69) is 32.1 Å². The van der Waals surface area contributed by atoms with Crippen molar-refractivity contribution < 1.29 is 14.3 Å². The number of aryl methyl sites for hydroxylation is 1. The van der Waals surface area contributed by atoms with Crippen molar-refractivity contribution >= 4 is 17.4 Å². The van der Waals surface area contributed by atoms with Crippen molar-refractivity contribution in [2.45, 2.75) is 25.9 Å². The molecule has 0 saturated carbocycles. The topological polar surface area (TPSA) is 99.4 Å². The average Bonchev–Trinajstić information content (AvgIpc) is 3.25. The second-order valence-electron chi connectivity index (χ2n) is 8.36. The summed E-state index contributed by atoms with van der Waals surface area (Å²) in [6.07, 6.45) is 3.46. The Morgan fingerprint density at radius 3 is 2.67 bits per heavy atom. The van der Waals surface area contributed by atoms with Crippen LogP contribution in [0.25, 0.3) is 11.4 Å². The summed E-state index contributed by atoms with van der Waals surface area (Å²) in [4.78, 5) is 26.3. The highest BCUT2D eigenvalue weighted by Gasteiger charge is 2.26. The molecule has 0 bridgehead atoms. The molecule has 0 radical (unpaired) electrons. The second kappa shape index (κ2) is 9.53. The fourth-order valence-electron chi connectivity index (χ4n) is 3.90. The largest absolute Gasteiger partial charge is 0.394 e. The third-order valence-electron chi connectivity index (χ3n) is 5.67. The highest BCUT2D eigenvalue weighted by Crippen LogP contribution is 2.25. The molecular formula is C23H28FN7O2. The van der Waals surface area contributed by atoms with Crippen LogP contribution < -0.4 is 15.1 Å². The summed E-state index contributed by atoms with van der Waals surface area (Å²) >= 11 is 0. The fraction of sp³-hybridized carbons (Fsp3) is 0.391. The minimum Gasteiger partial charge on any atom is -0.394 e. The Morgan fingerprint density at radius 2 is 2.03 bits per heavy atom. The molecule has 2 atom stereocenters. The molecule has 1 aromatic carbocycles. The number of piperazine rings is 1. The van der Waals surface area contributed by atoms with Gasteiger partial charge in [-0.3, -0.25) is 9.48 Å². The number of carbonyl (C=O) groups excluding carboxylic acids is 1. The van der Waals surface area contributed by atoms with Crippen molar-refractivity contribution in [3.8, 4) is 11.4 Å². The second-order valence-corrected chi connectivity index (χ2v) is 8.36. The first-order valence-electron chi connectivity index (χ1n) is 10.9. The van der Waals surface area contributed by atoms with Crippen LogP contribution in [-0.4, -0.2) is 69.1 Å². The summed E-state index contributed by atoms with van der Waals surface area (Å²) in [6, 6.07) is 7.95. The number of carbonyl (C=O) groups is 1. The Bertz CT molecular complexity index is 1120. The molecule has 1 saturated heterocycles. The van der Waals surface area contributed by atoms with E-state index in [-0.39, 0.29) is 30.1 Å². The third kappa shape index (κ3) is 5.11. The highest BCUT2D eigenvalue weighted by molar-refractivity contribution is 5.93. The van der Waals surface area contributed by atoms with E-state index < -0.39 is 6.04 Å². The van der Waals surface area contributed by atoms with Gasteiger partial charge in [-0.15, -0.1) is 0 Å². The smallest absolute Gasteiger partial charge is 0.270 e. The molecule has 4 rings (SSSR count). The van der Waals surface area contributed by atoms with Gasteiger partial charge in [0, 0.05) is 56.7 Å². The van der Waals surface area contributed by atoms with Crippen molar-refractivity contribution in [2.24, 2.45) is 7.05 Å². The van der Waals surface area contributed by atoms with E-state index in [1.165, 1.54) is 12.1 Å². The van der Waals surface area contributed by atoms with Gasteiger partial charge in [0.2, 0.25) is 0 Å². The predicted molar refractivity (Wildman–Crippen MR) is 124 cm³/mol. The van der Waals surface area contributed by atoms with Crippen LogP contribution in [0.15, 0.2) is 42.7 Å². The van der Waals surface area contributed by atoms with E-state index in [0.29, 0.717) is 30.3 Å². The van der Waals surface area contributed by atoms with Crippen LogP contribution in [-0.2, 0) is 7.05 Å². The first-order chi connectivity index (χ1) is 15.8. The van der Waals surface area contributed by atoms with Gasteiger partial charge in [0.05, 0.1) is 18.4 Å². The lowest BCUT2D eigenvalue weighted by atomic mass is 10.1. The van der Waals surface area contributed by atoms with Gasteiger partial charge >= 0.3 is 0 Å². The molecule has 1 fully saturated rings. The Labute approximate surface area is 191 Å². The van der Waals surface area contributed by atoms with Crippen LogP contribution in [0.2, 0.25) is 0 Å². The number of aromatic nitrogens is 4. The van der Waals surface area contributed by atoms with E-state index in [9.17, 15) is 14.3 Å². The Hall–Kier alpha value is -3.53. The molecular weight excluding hydrogens is 425 g/mol. The van der Waals surface area contributed by atoms with Crippen LogP contribution >= 0.6 is 0 Å². The maximum Gasteiger partial charge on any atom is 0.270 e. The zero-order valence-electron chi connectivity index (χ0n) is 18.9. The molecule has 9 nitrogen and oxygen atoms in total. The molecule has 3 aromatic rings. The summed E-state index contributed by atoms with van der Waals surface area (Å²) < 4.78 is 15.0. The molecule has 2 aromatic heterocycles. The molecule has 10 heteroatoms. The van der Waals surface area contributed by atoms with Gasteiger partial charge < -0.3 is 20.2 Å². The number of amides is 1. The van der Waals surface area contributed by atoms with Gasteiger partial charge in [0.15, 0.2) is 5.82 Å².